The van der Waals surface area contributed by atoms with E-state index < -0.39 is 17.2 Å². The van der Waals surface area contributed by atoms with E-state index in [4.69, 9.17) is 22.7 Å². The normalized spacial score (nSPS) is 17.1. The van der Waals surface area contributed by atoms with Crippen LogP contribution in [0, 0.1) is 5.82 Å². The topological polar surface area (TPSA) is 114 Å². The van der Waals surface area contributed by atoms with E-state index >= 15 is 0 Å². The fourth-order valence-corrected chi connectivity index (χ4v) is 4.64. The van der Waals surface area contributed by atoms with Crippen LogP contribution in [-0.4, -0.2) is 70.3 Å². The molecule has 11 heteroatoms. The third-order valence-electron chi connectivity index (χ3n) is 6.66. The lowest BCUT2D eigenvalue weighted by molar-refractivity contribution is 0.0694. The summed E-state index contributed by atoms with van der Waals surface area (Å²) < 4.78 is 22.6. The molecule has 9 nitrogen and oxygen atoms in total. The SMILES string of the molecule is CC1COc2c(N3CCN(C)CC3)c(F)cc3c(=O)c(C(=O)O)cn1c23.CCc1cc(C(N)=S)ccn1. The number of pyridine rings is 2. The summed E-state index contributed by atoms with van der Waals surface area (Å²) in [6, 6.07) is 4.73. The number of nitrogens with zero attached hydrogens (tertiary/aromatic N) is 4. The Morgan fingerprint density at radius 3 is 2.62 bits per heavy atom. The van der Waals surface area contributed by atoms with E-state index in [1.165, 1.54) is 6.20 Å². The number of carbonyl (C=O) groups is 1. The molecule has 0 saturated carbocycles. The van der Waals surface area contributed by atoms with Crippen LogP contribution in [0.4, 0.5) is 10.1 Å². The summed E-state index contributed by atoms with van der Waals surface area (Å²) in [4.78, 5) is 32.6. The number of aromatic nitrogens is 2. The molecule has 37 heavy (non-hydrogen) atoms. The lowest BCUT2D eigenvalue weighted by Crippen LogP contribution is -2.45. The van der Waals surface area contributed by atoms with Gasteiger partial charge in [-0.25, -0.2) is 9.18 Å². The van der Waals surface area contributed by atoms with Crippen LogP contribution < -0.4 is 20.8 Å². The van der Waals surface area contributed by atoms with Gasteiger partial charge in [-0.1, -0.05) is 19.1 Å². The smallest absolute Gasteiger partial charge is 0.341 e. The van der Waals surface area contributed by atoms with E-state index in [2.05, 4.69) is 9.88 Å². The molecule has 2 aromatic heterocycles. The minimum absolute atomic E-state index is 0.0434. The van der Waals surface area contributed by atoms with Gasteiger partial charge >= 0.3 is 5.97 Å². The molecular formula is C26H30FN5O4S. The number of carboxylic acids is 1. The summed E-state index contributed by atoms with van der Waals surface area (Å²) in [5.41, 5.74) is 7.14. The molecular weight excluding hydrogens is 497 g/mol. The fourth-order valence-electron chi connectivity index (χ4n) is 4.51. The standard InChI is InChI=1S/C18H20FN3O4.C8H10N2S/c1-10-9-26-17-14-11(16(23)12(18(24)25)8-22(10)14)7-13(19)15(17)21-5-3-20(2)4-6-21;1-2-7-5-6(8(9)11)3-4-10-7/h7-8,10H,3-6,9H2,1-2H3,(H,24,25);3-5H,2H2,1H3,(H2,9,11). The van der Waals surface area contributed by atoms with E-state index in [-0.39, 0.29) is 23.6 Å². The second-order valence-electron chi connectivity index (χ2n) is 9.22. The van der Waals surface area contributed by atoms with Gasteiger partial charge in [0, 0.05) is 49.8 Å². The Hall–Kier alpha value is -3.57. The summed E-state index contributed by atoms with van der Waals surface area (Å²) in [6.45, 7) is 7.12. The molecule has 2 aliphatic heterocycles. The highest BCUT2D eigenvalue weighted by atomic mass is 32.1. The summed E-state index contributed by atoms with van der Waals surface area (Å²) in [6.07, 6.45) is 3.99. The first-order valence-electron chi connectivity index (χ1n) is 12.1. The molecule has 1 saturated heterocycles. The Kier molecular flexibility index (Phi) is 7.74. The van der Waals surface area contributed by atoms with Gasteiger partial charge in [-0.05, 0) is 38.6 Å². The van der Waals surface area contributed by atoms with Gasteiger partial charge in [-0.15, -0.1) is 0 Å². The average molecular weight is 528 g/mol. The Balaban J connectivity index is 0.000000245. The maximum atomic E-state index is 15.0. The third-order valence-corrected chi connectivity index (χ3v) is 6.89. The first-order chi connectivity index (χ1) is 17.6. The summed E-state index contributed by atoms with van der Waals surface area (Å²) >= 11 is 4.82. The largest absolute Gasteiger partial charge is 0.487 e. The average Bonchev–Trinajstić information content (AvgIpc) is 2.88. The van der Waals surface area contributed by atoms with Gasteiger partial charge in [0.25, 0.3) is 0 Å². The Morgan fingerprint density at radius 2 is 2.00 bits per heavy atom. The van der Waals surface area contributed by atoms with Crippen LogP contribution in [0.15, 0.2) is 35.4 Å². The maximum Gasteiger partial charge on any atom is 0.341 e. The van der Waals surface area contributed by atoms with Crippen LogP contribution in [0.25, 0.3) is 10.9 Å². The molecule has 3 N–H and O–H groups in total. The minimum Gasteiger partial charge on any atom is -0.487 e. The number of nitrogens with two attached hydrogens (primary N) is 1. The van der Waals surface area contributed by atoms with Gasteiger partial charge in [0.05, 0.1) is 16.9 Å². The van der Waals surface area contributed by atoms with Crippen molar-refractivity contribution in [2.24, 2.45) is 5.73 Å². The molecule has 2 aliphatic rings. The molecule has 196 valence electrons. The van der Waals surface area contributed by atoms with Gasteiger partial charge in [-0.2, -0.15) is 0 Å². The zero-order valence-corrected chi connectivity index (χ0v) is 21.8. The van der Waals surface area contributed by atoms with E-state index in [0.717, 1.165) is 36.8 Å². The van der Waals surface area contributed by atoms with E-state index in [9.17, 15) is 19.1 Å². The minimum atomic E-state index is -1.32. The second-order valence-corrected chi connectivity index (χ2v) is 9.66. The maximum absolute atomic E-state index is 15.0. The first kappa shape index (κ1) is 26.5. The van der Waals surface area contributed by atoms with Crippen LogP contribution in [-0.2, 0) is 6.42 Å². The molecule has 0 radical (unpaired) electrons. The number of carboxylic acid groups (broad SMARTS) is 1. The van der Waals surface area contributed by atoms with Crippen molar-refractivity contribution in [1.82, 2.24) is 14.5 Å². The molecule has 0 spiro atoms. The number of rotatable bonds is 4. The number of benzene rings is 1. The predicted molar refractivity (Wildman–Crippen MR) is 145 cm³/mol. The Bertz CT molecular complexity index is 1420. The first-order valence-corrected chi connectivity index (χ1v) is 12.5. The van der Waals surface area contributed by atoms with Crippen molar-refractivity contribution >= 4 is 39.8 Å². The number of piperazine rings is 1. The number of anilines is 1. The van der Waals surface area contributed by atoms with E-state index in [1.807, 2.05) is 37.9 Å². The number of hydrogen-bond donors (Lipinski definition) is 2. The number of ether oxygens (including phenoxy) is 1. The summed E-state index contributed by atoms with van der Waals surface area (Å²) in [5, 5.41) is 9.36. The van der Waals surface area contributed by atoms with Gasteiger partial charge in [0.1, 0.15) is 22.8 Å². The van der Waals surface area contributed by atoms with Crippen LogP contribution >= 0.6 is 12.2 Å². The highest BCUT2D eigenvalue weighted by molar-refractivity contribution is 7.80. The van der Waals surface area contributed by atoms with Crippen molar-refractivity contribution in [2.75, 3.05) is 44.7 Å². The zero-order valence-electron chi connectivity index (χ0n) is 21.0. The number of hydrogen-bond acceptors (Lipinski definition) is 7. The number of thiocarbonyl (C=S) groups is 1. The monoisotopic (exact) mass is 527 g/mol. The number of likely N-dealkylation sites (N-methyl/N-ethyl adjacent to an activating group) is 1. The lowest BCUT2D eigenvalue weighted by atomic mass is 10.1. The zero-order chi connectivity index (χ0) is 26.9. The highest BCUT2D eigenvalue weighted by Crippen LogP contribution is 2.42. The Morgan fingerprint density at radius 1 is 1.30 bits per heavy atom. The predicted octanol–water partition coefficient (Wildman–Crippen LogP) is 2.82. The summed E-state index contributed by atoms with van der Waals surface area (Å²) in [5.74, 6) is -1.54. The van der Waals surface area contributed by atoms with Crippen LogP contribution in [0.1, 0.15) is 41.5 Å². The van der Waals surface area contributed by atoms with Crippen molar-refractivity contribution in [3.05, 3.63) is 63.5 Å². The molecule has 5 rings (SSSR count). The molecule has 0 aliphatic carbocycles. The van der Waals surface area contributed by atoms with E-state index in [1.54, 1.807) is 10.8 Å². The molecule has 1 fully saturated rings. The molecule has 0 amide bonds. The lowest BCUT2D eigenvalue weighted by Gasteiger charge is -2.37. The number of aryl methyl sites for hydroxylation is 1. The van der Waals surface area contributed by atoms with Crippen LogP contribution in [0.3, 0.4) is 0 Å². The van der Waals surface area contributed by atoms with Crippen molar-refractivity contribution in [3.8, 4) is 5.75 Å². The van der Waals surface area contributed by atoms with Crippen molar-refractivity contribution in [1.29, 1.82) is 0 Å². The molecule has 4 heterocycles. The Labute approximate surface area is 219 Å². The van der Waals surface area contributed by atoms with Gasteiger partial charge in [0.2, 0.25) is 5.43 Å². The van der Waals surface area contributed by atoms with Gasteiger partial charge in [0.15, 0.2) is 11.6 Å². The van der Waals surface area contributed by atoms with Crippen LogP contribution in [0.2, 0.25) is 0 Å². The second kappa shape index (κ2) is 10.8. The van der Waals surface area contributed by atoms with Crippen molar-refractivity contribution in [3.63, 3.8) is 0 Å². The molecule has 1 aromatic carbocycles. The number of aromatic carboxylic acids is 1. The van der Waals surface area contributed by atoms with Crippen LogP contribution in [0.5, 0.6) is 5.75 Å². The van der Waals surface area contributed by atoms with Gasteiger partial charge in [-0.3, -0.25) is 9.78 Å². The van der Waals surface area contributed by atoms with Crippen molar-refractivity contribution in [2.45, 2.75) is 26.3 Å². The van der Waals surface area contributed by atoms with Gasteiger partial charge < -0.3 is 29.9 Å². The molecule has 0 bridgehead atoms. The molecule has 3 aromatic rings. The fraction of sp³-hybridized carbons (Fsp3) is 0.385. The number of halogens is 1. The summed E-state index contributed by atoms with van der Waals surface area (Å²) in [7, 11) is 2.02. The quantitative estimate of drug-likeness (QED) is 0.495. The third kappa shape index (κ3) is 5.28. The van der Waals surface area contributed by atoms with Crippen molar-refractivity contribution < 1.29 is 19.0 Å². The molecule has 1 unspecified atom stereocenters. The molecule has 1 atom stereocenters. The highest BCUT2D eigenvalue weighted by Gasteiger charge is 2.30. The van der Waals surface area contributed by atoms with E-state index in [0.29, 0.717) is 35.0 Å².